The van der Waals surface area contributed by atoms with Crippen LogP contribution in [-0.4, -0.2) is 38.0 Å². The quantitative estimate of drug-likeness (QED) is 0.830. The molecule has 2 N–H and O–H groups in total. The van der Waals surface area contributed by atoms with E-state index in [4.69, 9.17) is 10.5 Å². The van der Waals surface area contributed by atoms with E-state index in [0.29, 0.717) is 13.2 Å². The summed E-state index contributed by atoms with van der Waals surface area (Å²) in [6, 6.07) is 3.44. The highest BCUT2D eigenvalue weighted by Crippen LogP contribution is 2.28. The first-order valence-electron chi connectivity index (χ1n) is 5.91. The van der Waals surface area contributed by atoms with E-state index in [1.807, 2.05) is 0 Å². The molecule has 0 unspecified atom stereocenters. The number of nitrogen functional groups attached to an aromatic ring is 1. The molecule has 0 spiro atoms. The molecule has 1 aliphatic rings. The van der Waals surface area contributed by atoms with Crippen molar-refractivity contribution >= 4 is 15.7 Å². The average molecular weight is 288 g/mol. The lowest BCUT2D eigenvalue weighted by molar-refractivity contribution is -0.00770. The minimum atomic E-state index is -3.70. The largest absolute Gasteiger partial charge is 0.396 e. The number of sulfonamides is 1. The average Bonchev–Trinajstić information content (AvgIpc) is 2.31. The Hall–Kier alpha value is -1.18. The van der Waals surface area contributed by atoms with Crippen LogP contribution in [0.3, 0.4) is 0 Å². The number of rotatable bonds is 2. The normalized spacial score (nSPS) is 20.4. The van der Waals surface area contributed by atoms with Gasteiger partial charge in [0.25, 0.3) is 0 Å². The smallest absolute Gasteiger partial charge is 0.243 e. The lowest BCUT2D eigenvalue weighted by Gasteiger charge is -2.40. The molecule has 0 atom stereocenters. The molecule has 19 heavy (non-hydrogen) atoms. The van der Waals surface area contributed by atoms with E-state index in [9.17, 15) is 12.8 Å². The van der Waals surface area contributed by atoms with Crippen LogP contribution in [0.25, 0.3) is 0 Å². The highest BCUT2D eigenvalue weighted by atomic mass is 32.2. The van der Waals surface area contributed by atoms with Gasteiger partial charge in [0.15, 0.2) is 0 Å². The molecule has 0 amide bonds. The molecular weight excluding hydrogens is 271 g/mol. The number of ether oxygens (including phenoxy) is 1. The highest BCUT2D eigenvalue weighted by Gasteiger charge is 2.39. The van der Waals surface area contributed by atoms with E-state index < -0.39 is 21.4 Å². The van der Waals surface area contributed by atoms with Crippen LogP contribution in [0.15, 0.2) is 23.1 Å². The molecule has 1 aliphatic heterocycles. The number of nitrogens with zero attached hydrogens (tertiary/aromatic N) is 1. The molecule has 7 heteroatoms. The van der Waals surface area contributed by atoms with E-state index in [0.717, 1.165) is 12.1 Å². The van der Waals surface area contributed by atoms with Gasteiger partial charge in [-0.25, -0.2) is 12.8 Å². The Labute approximate surface area is 112 Å². The van der Waals surface area contributed by atoms with Gasteiger partial charge in [-0.05, 0) is 32.0 Å². The van der Waals surface area contributed by atoms with Gasteiger partial charge in [-0.1, -0.05) is 0 Å². The fourth-order valence-corrected chi connectivity index (χ4v) is 3.89. The minimum absolute atomic E-state index is 0.00127. The highest BCUT2D eigenvalue weighted by molar-refractivity contribution is 7.89. The second kappa shape index (κ2) is 4.73. The van der Waals surface area contributed by atoms with Gasteiger partial charge in [0.2, 0.25) is 10.0 Å². The summed E-state index contributed by atoms with van der Waals surface area (Å²) in [6.45, 7) is 4.52. The van der Waals surface area contributed by atoms with Crippen LogP contribution in [0, 0.1) is 5.82 Å². The second-order valence-corrected chi connectivity index (χ2v) is 6.99. The van der Waals surface area contributed by atoms with Gasteiger partial charge in [0.05, 0.1) is 29.3 Å². The van der Waals surface area contributed by atoms with Crippen LogP contribution in [0.4, 0.5) is 10.1 Å². The number of nitrogens with two attached hydrogens (primary N) is 1. The molecule has 106 valence electrons. The first-order valence-corrected chi connectivity index (χ1v) is 7.35. The predicted octanol–water partition coefficient (Wildman–Crippen LogP) is 1.21. The Morgan fingerprint density at radius 2 is 2.11 bits per heavy atom. The van der Waals surface area contributed by atoms with Crippen molar-refractivity contribution in [2.45, 2.75) is 24.3 Å². The Kier molecular flexibility index (Phi) is 3.55. The van der Waals surface area contributed by atoms with Crippen LogP contribution < -0.4 is 5.73 Å². The molecule has 0 saturated carbocycles. The van der Waals surface area contributed by atoms with E-state index in [1.54, 1.807) is 13.8 Å². The molecule has 0 aromatic heterocycles. The molecule has 1 heterocycles. The zero-order chi connectivity index (χ0) is 14.3. The summed E-state index contributed by atoms with van der Waals surface area (Å²) >= 11 is 0. The standard InChI is InChI=1S/C12H17FN2O3S/c1-12(2)8-18-6-5-15(12)19(16,17)9-3-4-10(13)11(14)7-9/h3-4,7H,5-6,8,14H2,1-2H3. The molecule has 1 saturated heterocycles. The van der Waals surface area contributed by atoms with Crippen molar-refractivity contribution in [2.75, 3.05) is 25.5 Å². The summed E-state index contributed by atoms with van der Waals surface area (Å²) in [5, 5.41) is 0. The third-order valence-corrected chi connectivity index (χ3v) is 5.23. The Morgan fingerprint density at radius 1 is 1.42 bits per heavy atom. The van der Waals surface area contributed by atoms with Crippen LogP contribution in [0.2, 0.25) is 0 Å². The number of morpholine rings is 1. The fourth-order valence-electron chi connectivity index (χ4n) is 2.10. The van der Waals surface area contributed by atoms with Crippen LogP contribution in [0.1, 0.15) is 13.8 Å². The summed E-state index contributed by atoms with van der Waals surface area (Å²) in [5.74, 6) is -0.625. The van der Waals surface area contributed by atoms with Gasteiger partial charge in [0, 0.05) is 6.54 Å². The van der Waals surface area contributed by atoms with Crippen molar-refractivity contribution in [3.05, 3.63) is 24.0 Å². The summed E-state index contributed by atoms with van der Waals surface area (Å²) in [5.41, 5.74) is 4.62. The first-order chi connectivity index (χ1) is 8.75. The monoisotopic (exact) mass is 288 g/mol. The lowest BCUT2D eigenvalue weighted by atomic mass is 10.1. The zero-order valence-corrected chi connectivity index (χ0v) is 11.7. The number of hydrogen-bond donors (Lipinski definition) is 1. The van der Waals surface area contributed by atoms with E-state index in [-0.39, 0.29) is 17.1 Å². The molecular formula is C12H17FN2O3S. The fraction of sp³-hybridized carbons (Fsp3) is 0.500. The molecule has 2 rings (SSSR count). The maximum Gasteiger partial charge on any atom is 0.243 e. The Balaban J connectivity index is 2.44. The van der Waals surface area contributed by atoms with Gasteiger partial charge >= 0.3 is 0 Å². The van der Waals surface area contributed by atoms with Gasteiger partial charge in [-0.3, -0.25) is 0 Å². The first kappa shape index (κ1) is 14.2. The van der Waals surface area contributed by atoms with E-state index in [2.05, 4.69) is 0 Å². The second-order valence-electron chi connectivity index (χ2n) is 5.13. The molecule has 1 aromatic carbocycles. The van der Waals surface area contributed by atoms with Crippen molar-refractivity contribution in [1.82, 2.24) is 4.31 Å². The maximum atomic E-state index is 13.1. The Morgan fingerprint density at radius 3 is 2.68 bits per heavy atom. The van der Waals surface area contributed by atoms with Crippen LogP contribution >= 0.6 is 0 Å². The summed E-state index contributed by atoms with van der Waals surface area (Å²) in [4.78, 5) is 0.00127. The van der Waals surface area contributed by atoms with Crippen molar-refractivity contribution in [1.29, 1.82) is 0 Å². The molecule has 1 fully saturated rings. The lowest BCUT2D eigenvalue weighted by Crippen LogP contribution is -2.55. The summed E-state index contributed by atoms with van der Waals surface area (Å²) < 4.78 is 44.9. The van der Waals surface area contributed by atoms with Crippen molar-refractivity contribution in [2.24, 2.45) is 0 Å². The van der Waals surface area contributed by atoms with Crippen LogP contribution in [0.5, 0.6) is 0 Å². The number of anilines is 1. The molecule has 1 aromatic rings. The molecule has 0 bridgehead atoms. The predicted molar refractivity (Wildman–Crippen MR) is 69.6 cm³/mol. The molecule has 0 aliphatic carbocycles. The number of hydrogen-bond acceptors (Lipinski definition) is 4. The van der Waals surface area contributed by atoms with Gasteiger partial charge < -0.3 is 10.5 Å². The van der Waals surface area contributed by atoms with E-state index >= 15 is 0 Å². The van der Waals surface area contributed by atoms with Gasteiger partial charge in [0.1, 0.15) is 5.82 Å². The molecule has 5 nitrogen and oxygen atoms in total. The SMILES string of the molecule is CC1(C)COCCN1S(=O)(=O)c1ccc(F)c(N)c1. The van der Waals surface area contributed by atoms with Crippen LogP contribution in [-0.2, 0) is 14.8 Å². The number of benzene rings is 1. The van der Waals surface area contributed by atoms with Crippen molar-refractivity contribution in [3.63, 3.8) is 0 Å². The van der Waals surface area contributed by atoms with E-state index in [1.165, 1.54) is 10.4 Å². The van der Waals surface area contributed by atoms with Crippen molar-refractivity contribution in [3.8, 4) is 0 Å². The van der Waals surface area contributed by atoms with Gasteiger partial charge in [-0.2, -0.15) is 4.31 Å². The molecule has 0 radical (unpaired) electrons. The van der Waals surface area contributed by atoms with Gasteiger partial charge in [-0.15, -0.1) is 0 Å². The number of halogens is 1. The summed E-state index contributed by atoms with van der Waals surface area (Å²) in [7, 11) is -3.70. The minimum Gasteiger partial charge on any atom is -0.396 e. The van der Waals surface area contributed by atoms with Crippen molar-refractivity contribution < 1.29 is 17.5 Å². The summed E-state index contributed by atoms with van der Waals surface area (Å²) in [6.07, 6.45) is 0. The maximum absolute atomic E-state index is 13.1. The third kappa shape index (κ3) is 2.58. The third-order valence-electron chi connectivity index (χ3n) is 3.12. The zero-order valence-electron chi connectivity index (χ0n) is 10.9. The topological polar surface area (TPSA) is 72.6 Å². The Bertz CT molecular complexity index is 587.